The highest BCUT2D eigenvalue weighted by Crippen LogP contribution is 2.20. The summed E-state index contributed by atoms with van der Waals surface area (Å²) in [5, 5.41) is 3.15. The van der Waals surface area contributed by atoms with E-state index in [9.17, 15) is 9.18 Å². The van der Waals surface area contributed by atoms with Crippen molar-refractivity contribution in [2.24, 2.45) is 0 Å². The van der Waals surface area contributed by atoms with Gasteiger partial charge in [0, 0.05) is 16.5 Å². The number of hydrogen-bond acceptors (Lipinski definition) is 3. The quantitative estimate of drug-likeness (QED) is 0.675. The summed E-state index contributed by atoms with van der Waals surface area (Å²) in [7, 11) is 0. The monoisotopic (exact) mass is 365 g/mol. The summed E-state index contributed by atoms with van der Waals surface area (Å²) in [5.74, 6) is 0.849. The van der Waals surface area contributed by atoms with E-state index < -0.39 is 0 Å². The Bertz CT molecular complexity index is 707. The molecule has 0 atom stereocenters. The molecule has 6 heteroatoms. The molecule has 2 aromatic rings. The largest absolute Gasteiger partial charge is 0.490 e. The molecule has 0 saturated heterocycles. The number of carbonyl (C=O) groups is 1. The summed E-state index contributed by atoms with van der Waals surface area (Å²) in [4.78, 5) is 11.9. The first-order chi connectivity index (χ1) is 11.6. The first-order valence-corrected chi connectivity index (χ1v) is 8.77. The number of hydrogen-bond donors (Lipinski definition) is 1. The summed E-state index contributed by atoms with van der Waals surface area (Å²) in [5.41, 5.74) is 1.21. The Morgan fingerprint density at radius 2 is 2.04 bits per heavy atom. The van der Waals surface area contributed by atoms with Crippen LogP contribution in [0.2, 0.25) is 5.02 Å². The van der Waals surface area contributed by atoms with Gasteiger partial charge in [-0.25, -0.2) is 4.39 Å². The molecular formula is C18H17ClFNO2S. The molecule has 0 aromatic heterocycles. The zero-order valence-electron chi connectivity index (χ0n) is 12.9. The Morgan fingerprint density at radius 3 is 2.71 bits per heavy atom. The average Bonchev–Trinajstić information content (AvgIpc) is 2.56. The smallest absolute Gasteiger partial charge is 0.234 e. The first kappa shape index (κ1) is 18.4. The predicted molar refractivity (Wildman–Crippen MR) is 98.3 cm³/mol. The van der Waals surface area contributed by atoms with Gasteiger partial charge >= 0.3 is 0 Å². The molecule has 2 aromatic carbocycles. The van der Waals surface area contributed by atoms with Gasteiger partial charge in [0.2, 0.25) is 5.91 Å². The fraction of sp³-hybridized carbons (Fsp3) is 0.167. The number of thioether (sulfide) groups is 1. The van der Waals surface area contributed by atoms with Gasteiger partial charge in [0.05, 0.1) is 5.75 Å². The van der Waals surface area contributed by atoms with E-state index in [1.54, 1.807) is 42.5 Å². The Morgan fingerprint density at radius 1 is 1.29 bits per heavy atom. The lowest BCUT2D eigenvalue weighted by Crippen LogP contribution is -2.14. The van der Waals surface area contributed by atoms with Crippen LogP contribution >= 0.6 is 23.4 Å². The van der Waals surface area contributed by atoms with Crippen LogP contribution in [-0.4, -0.2) is 18.3 Å². The minimum absolute atomic E-state index is 0.144. The summed E-state index contributed by atoms with van der Waals surface area (Å²) >= 11 is 7.04. The summed E-state index contributed by atoms with van der Waals surface area (Å²) in [6.07, 6.45) is 1.66. The molecule has 3 nitrogen and oxygen atoms in total. The van der Waals surface area contributed by atoms with E-state index in [0.29, 0.717) is 34.4 Å². The number of halogens is 2. The van der Waals surface area contributed by atoms with Gasteiger partial charge in [-0.1, -0.05) is 30.3 Å². The fourth-order valence-electron chi connectivity index (χ4n) is 1.88. The van der Waals surface area contributed by atoms with Gasteiger partial charge in [-0.2, -0.15) is 0 Å². The lowest BCUT2D eigenvalue weighted by Gasteiger charge is -2.07. The third-order valence-electron chi connectivity index (χ3n) is 3.01. The third kappa shape index (κ3) is 5.91. The van der Waals surface area contributed by atoms with E-state index in [2.05, 4.69) is 11.9 Å². The van der Waals surface area contributed by atoms with Gasteiger partial charge in [-0.15, -0.1) is 11.8 Å². The Kier molecular flexibility index (Phi) is 7.15. The molecule has 0 spiro atoms. The van der Waals surface area contributed by atoms with Gasteiger partial charge in [0.25, 0.3) is 0 Å². The van der Waals surface area contributed by atoms with Gasteiger partial charge < -0.3 is 10.1 Å². The van der Waals surface area contributed by atoms with Crippen LogP contribution in [0.3, 0.4) is 0 Å². The molecule has 0 fully saturated rings. The highest BCUT2D eigenvalue weighted by Gasteiger charge is 2.06. The van der Waals surface area contributed by atoms with Crippen LogP contribution in [0, 0.1) is 5.82 Å². The minimum atomic E-state index is -0.356. The normalized spacial score (nSPS) is 10.2. The number of carbonyl (C=O) groups excluding carboxylic acids is 1. The second-order valence-electron chi connectivity index (χ2n) is 4.90. The lowest BCUT2D eigenvalue weighted by molar-refractivity contribution is -0.113. The van der Waals surface area contributed by atoms with Crippen molar-refractivity contribution in [3.8, 4) is 5.75 Å². The molecule has 0 aliphatic heterocycles. The van der Waals surface area contributed by atoms with Crippen LogP contribution in [0.4, 0.5) is 10.1 Å². The SMILES string of the molecule is C=CCOc1ccc(NC(=O)CSCc2ccc(Cl)cc2F)cc1. The number of rotatable bonds is 8. The van der Waals surface area contributed by atoms with E-state index in [1.165, 1.54) is 17.8 Å². The summed E-state index contributed by atoms with van der Waals surface area (Å²) < 4.78 is 19.0. The maximum Gasteiger partial charge on any atom is 0.234 e. The molecule has 0 bridgehead atoms. The van der Waals surface area contributed by atoms with E-state index in [1.807, 2.05) is 0 Å². The molecule has 0 heterocycles. The number of ether oxygens (including phenoxy) is 1. The standard InChI is InChI=1S/C18H17ClFNO2S/c1-2-9-23-16-7-5-15(6-8-16)21-18(22)12-24-11-13-3-4-14(19)10-17(13)20/h2-8,10H,1,9,11-12H2,(H,21,22). The predicted octanol–water partition coefficient (Wildman–Crippen LogP) is 4.92. The number of amides is 1. The molecule has 0 saturated carbocycles. The topological polar surface area (TPSA) is 38.3 Å². The van der Waals surface area contributed by atoms with Crippen molar-refractivity contribution in [2.45, 2.75) is 5.75 Å². The van der Waals surface area contributed by atoms with Crippen LogP contribution in [-0.2, 0) is 10.5 Å². The molecule has 0 aliphatic rings. The Labute approximate surface area is 149 Å². The van der Waals surface area contributed by atoms with Crippen molar-refractivity contribution in [3.63, 3.8) is 0 Å². The maximum atomic E-state index is 13.6. The Hall–Kier alpha value is -1.98. The zero-order valence-corrected chi connectivity index (χ0v) is 14.5. The van der Waals surface area contributed by atoms with Crippen molar-refractivity contribution in [2.75, 3.05) is 17.7 Å². The minimum Gasteiger partial charge on any atom is -0.490 e. The molecule has 2 rings (SSSR count). The fourth-order valence-corrected chi connectivity index (χ4v) is 2.85. The van der Waals surface area contributed by atoms with E-state index in [-0.39, 0.29) is 17.5 Å². The molecule has 0 radical (unpaired) electrons. The maximum absolute atomic E-state index is 13.6. The average molecular weight is 366 g/mol. The molecule has 0 unspecified atom stereocenters. The van der Waals surface area contributed by atoms with Crippen LogP contribution in [0.1, 0.15) is 5.56 Å². The van der Waals surface area contributed by atoms with Crippen molar-refractivity contribution >= 4 is 35.0 Å². The molecule has 1 N–H and O–H groups in total. The number of anilines is 1. The second kappa shape index (κ2) is 9.35. The van der Waals surface area contributed by atoms with Crippen molar-refractivity contribution in [3.05, 3.63) is 71.5 Å². The molecule has 0 aliphatic carbocycles. The van der Waals surface area contributed by atoms with E-state index >= 15 is 0 Å². The summed E-state index contributed by atoms with van der Waals surface area (Å²) in [6, 6.07) is 11.6. The van der Waals surface area contributed by atoms with Crippen molar-refractivity contribution < 1.29 is 13.9 Å². The first-order valence-electron chi connectivity index (χ1n) is 7.24. The van der Waals surface area contributed by atoms with Crippen LogP contribution in [0.25, 0.3) is 0 Å². The van der Waals surface area contributed by atoms with Crippen molar-refractivity contribution in [1.29, 1.82) is 0 Å². The van der Waals surface area contributed by atoms with Gasteiger partial charge in [0.15, 0.2) is 0 Å². The second-order valence-corrected chi connectivity index (χ2v) is 6.32. The Balaban J connectivity index is 1.77. The lowest BCUT2D eigenvalue weighted by atomic mass is 10.2. The zero-order chi connectivity index (χ0) is 17.4. The van der Waals surface area contributed by atoms with Crippen molar-refractivity contribution in [1.82, 2.24) is 0 Å². The van der Waals surface area contributed by atoms with E-state index in [0.717, 1.165) is 0 Å². The molecule has 126 valence electrons. The van der Waals surface area contributed by atoms with E-state index in [4.69, 9.17) is 16.3 Å². The highest BCUT2D eigenvalue weighted by atomic mass is 35.5. The van der Waals surface area contributed by atoms with Crippen LogP contribution in [0.15, 0.2) is 55.1 Å². The van der Waals surface area contributed by atoms with Gasteiger partial charge in [-0.3, -0.25) is 4.79 Å². The molecule has 1 amide bonds. The molecular weight excluding hydrogens is 349 g/mol. The third-order valence-corrected chi connectivity index (χ3v) is 4.23. The number of nitrogens with one attached hydrogen (secondary N) is 1. The highest BCUT2D eigenvalue weighted by molar-refractivity contribution is 7.99. The van der Waals surface area contributed by atoms with Crippen LogP contribution in [0.5, 0.6) is 5.75 Å². The molecule has 24 heavy (non-hydrogen) atoms. The summed E-state index contributed by atoms with van der Waals surface area (Å²) in [6.45, 7) is 4.01. The van der Waals surface area contributed by atoms with Crippen LogP contribution < -0.4 is 10.1 Å². The number of benzene rings is 2. The van der Waals surface area contributed by atoms with Gasteiger partial charge in [0.1, 0.15) is 18.2 Å². The van der Waals surface area contributed by atoms with Gasteiger partial charge in [-0.05, 0) is 42.0 Å².